The monoisotopic (exact) mass is 240 g/mol. The molecule has 0 aliphatic carbocycles. The lowest BCUT2D eigenvalue weighted by molar-refractivity contribution is 0.0940. The Labute approximate surface area is 97.8 Å². The van der Waals surface area contributed by atoms with E-state index in [1.165, 1.54) is 12.1 Å². The molecule has 5 heteroatoms. The molecule has 0 spiro atoms. The quantitative estimate of drug-likeness (QED) is 0.883. The van der Waals surface area contributed by atoms with E-state index >= 15 is 0 Å². The van der Waals surface area contributed by atoms with Crippen molar-refractivity contribution in [1.29, 1.82) is 5.26 Å². The van der Waals surface area contributed by atoms with Crippen molar-refractivity contribution in [3.8, 4) is 6.07 Å². The van der Waals surface area contributed by atoms with Crippen LogP contribution in [0.5, 0.6) is 0 Å². The Morgan fingerprint density at radius 3 is 2.94 bits per heavy atom. The lowest BCUT2D eigenvalue weighted by Crippen LogP contribution is -2.33. The maximum absolute atomic E-state index is 13.3. The molecular formula is C11H10ClFN2O. The number of hydrogen-bond donors (Lipinski definition) is 1. The van der Waals surface area contributed by atoms with E-state index in [1.807, 2.05) is 6.07 Å². The van der Waals surface area contributed by atoms with Gasteiger partial charge in [0.2, 0.25) is 0 Å². The Kier molecular flexibility index (Phi) is 4.27. The molecule has 0 aliphatic rings. The van der Waals surface area contributed by atoms with Gasteiger partial charge < -0.3 is 5.32 Å². The summed E-state index contributed by atoms with van der Waals surface area (Å²) in [4.78, 5) is 11.6. The van der Waals surface area contributed by atoms with Gasteiger partial charge in [-0.3, -0.25) is 4.79 Å². The van der Waals surface area contributed by atoms with Crippen LogP contribution >= 0.6 is 11.6 Å². The lowest BCUT2D eigenvalue weighted by Gasteiger charge is -2.09. The predicted octanol–water partition coefficient (Wildman–Crippen LogP) is 2.51. The van der Waals surface area contributed by atoms with Crippen LogP contribution in [-0.2, 0) is 0 Å². The van der Waals surface area contributed by atoms with Crippen molar-refractivity contribution in [2.75, 3.05) is 0 Å². The third kappa shape index (κ3) is 2.94. The van der Waals surface area contributed by atoms with Crippen LogP contribution in [0, 0.1) is 17.1 Å². The molecule has 1 rings (SSSR count). The van der Waals surface area contributed by atoms with Crippen LogP contribution in [-0.4, -0.2) is 11.9 Å². The van der Waals surface area contributed by atoms with Crippen molar-refractivity contribution >= 4 is 17.5 Å². The summed E-state index contributed by atoms with van der Waals surface area (Å²) in [6.07, 6.45) is 0.463. The maximum atomic E-state index is 13.3. The summed E-state index contributed by atoms with van der Waals surface area (Å²) in [5, 5.41) is 11.3. The first-order valence-corrected chi connectivity index (χ1v) is 5.11. The van der Waals surface area contributed by atoms with Crippen molar-refractivity contribution in [2.45, 2.75) is 19.4 Å². The first-order valence-electron chi connectivity index (χ1n) is 4.74. The standard InChI is InChI=1S/C11H10ClFN2O/c1-2-8(6-14)15-11(16)9-5-7(12)3-4-10(9)13/h3-5,8H,2H2,1H3,(H,15,16). The minimum atomic E-state index is -0.658. The summed E-state index contributed by atoms with van der Waals surface area (Å²) in [5.74, 6) is -1.29. The Hall–Kier alpha value is -1.60. The molecule has 1 atom stereocenters. The van der Waals surface area contributed by atoms with E-state index in [-0.39, 0.29) is 10.6 Å². The number of carbonyl (C=O) groups excluding carboxylic acids is 1. The molecular weight excluding hydrogens is 231 g/mol. The number of nitriles is 1. The number of nitrogens with zero attached hydrogens (tertiary/aromatic N) is 1. The highest BCUT2D eigenvalue weighted by Crippen LogP contribution is 2.14. The molecule has 0 aromatic heterocycles. The lowest BCUT2D eigenvalue weighted by atomic mass is 10.1. The summed E-state index contributed by atoms with van der Waals surface area (Å²) < 4.78 is 13.3. The van der Waals surface area contributed by atoms with E-state index in [1.54, 1.807) is 6.92 Å². The zero-order chi connectivity index (χ0) is 12.1. The molecule has 1 aromatic carbocycles. The minimum absolute atomic E-state index is 0.152. The van der Waals surface area contributed by atoms with Crippen LogP contribution in [0.15, 0.2) is 18.2 Å². The summed E-state index contributed by atoms with van der Waals surface area (Å²) in [6, 6.07) is 4.98. The average Bonchev–Trinajstić information content (AvgIpc) is 2.28. The normalized spacial score (nSPS) is 11.6. The van der Waals surface area contributed by atoms with Crippen LogP contribution in [0.4, 0.5) is 4.39 Å². The molecule has 1 unspecified atom stereocenters. The van der Waals surface area contributed by atoms with Gasteiger partial charge in [0.05, 0.1) is 11.6 Å². The van der Waals surface area contributed by atoms with E-state index in [2.05, 4.69) is 5.32 Å². The number of carbonyl (C=O) groups is 1. The van der Waals surface area contributed by atoms with Gasteiger partial charge in [0, 0.05) is 5.02 Å². The Bertz CT molecular complexity index is 442. The van der Waals surface area contributed by atoms with Gasteiger partial charge in [-0.1, -0.05) is 18.5 Å². The van der Waals surface area contributed by atoms with Gasteiger partial charge >= 0.3 is 0 Å². The largest absolute Gasteiger partial charge is 0.336 e. The number of benzene rings is 1. The van der Waals surface area contributed by atoms with E-state index in [9.17, 15) is 9.18 Å². The Morgan fingerprint density at radius 1 is 1.69 bits per heavy atom. The van der Waals surface area contributed by atoms with Gasteiger partial charge in [-0.05, 0) is 24.6 Å². The van der Waals surface area contributed by atoms with Gasteiger partial charge in [0.25, 0.3) is 5.91 Å². The summed E-state index contributed by atoms with van der Waals surface area (Å²) in [7, 11) is 0. The first kappa shape index (κ1) is 12.5. The van der Waals surface area contributed by atoms with Crippen LogP contribution in [0.25, 0.3) is 0 Å². The molecule has 1 aromatic rings. The van der Waals surface area contributed by atoms with Crippen LogP contribution in [0.3, 0.4) is 0 Å². The highest BCUT2D eigenvalue weighted by Gasteiger charge is 2.15. The van der Waals surface area contributed by atoms with E-state index in [0.29, 0.717) is 6.42 Å². The van der Waals surface area contributed by atoms with Crippen molar-refractivity contribution in [3.05, 3.63) is 34.6 Å². The first-order chi connectivity index (χ1) is 7.58. The maximum Gasteiger partial charge on any atom is 0.255 e. The zero-order valence-corrected chi connectivity index (χ0v) is 9.38. The van der Waals surface area contributed by atoms with E-state index in [4.69, 9.17) is 16.9 Å². The molecule has 84 valence electrons. The third-order valence-corrected chi connectivity index (χ3v) is 2.28. The fraction of sp³-hybridized carbons (Fsp3) is 0.273. The highest BCUT2D eigenvalue weighted by molar-refractivity contribution is 6.31. The van der Waals surface area contributed by atoms with Crippen LogP contribution in [0.2, 0.25) is 5.02 Å². The predicted molar refractivity (Wildman–Crippen MR) is 58.6 cm³/mol. The van der Waals surface area contributed by atoms with Gasteiger partial charge in [0.15, 0.2) is 0 Å². The molecule has 3 nitrogen and oxygen atoms in total. The molecule has 0 bridgehead atoms. The van der Waals surface area contributed by atoms with Crippen molar-refractivity contribution in [3.63, 3.8) is 0 Å². The SMILES string of the molecule is CCC(C#N)NC(=O)c1cc(Cl)ccc1F. The van der Waals surface area contributed by atoms with Gasteiger partial charge in [0.1, 0.15) is 11.9 Å². The molecule has 16 heavy (non-hydrogen) atoms. The van der Waals surface area contributed by atoms with E-state index < -0.39 is 17.8 Å². The number of rotatable bonds is 3. The molecule has 0 fully saturated rings. The smallest absolute Gasteiger partial charge is 0.255 e. The summed E-state index contributed by atoms with van der Waals surface area (Å²) in [5.41, 5.74) is -0.152. The number of hydrogen-bond acceptors (Lipinski definition) is 2. The van der Waals surface area contributed by atoms with Gasteiger partial charge in [-0.2, -0.15) is 5.26 Å². The number of nitrogens with one attached hydrogen (secondary N) is 1. The fourth-order valence-corrected chi connectivity index (χ4v) is 1.31. The molecule has 0 saturated carbocycles. The third-order valence-electron chi connectivity index (χ3n) is 2.04. The van der Waals surface area contributed by atoms with Crippen molar-refractivity contribution in [1.82, 2.24) is 5.32 Å². The molecule has 0 aliphatic heterocycles. The number of halogens is 2. The van der Waals surface area contributed by atoms with Crippen LogP contribution < -0.4 is 5.32 Å². The van der Waals surface area contributed by atoms with Gasteiger partial charge in [-0.25, -0.2) is 4.39 Å². The Morgan fingerprint density at radius 2 is 2.38 bits per heavy atom. The topological polar surface area (TPSA) is 52.9 Å². The van der Waals surface area contributed by atoms with E-state index in [0.717, 1.165) is 6.07 Å². The Balaban J connectivity index is 2.89. The second-order valence-electron chi connectivity index (χ2n) is 3.19. The zero-order valence-electron chi connectivity index (χ0n) is 8.63. The average molecular weight is 241 g/mol. The highest BCUT2D eigenvalue weighted by atomic mass is 35.5. The minimum Gasteiger partial charge on any atom is -0.336 e. The second kappa shape index (κ2) is 5.47. The molecule has 0 saturated heterocycles. The second-order valence-corrected chi connectivity index (χ2v) is 3.62. The van der Waals surface area contributed by atoms with Crippen molar-refractivity contribution < 1.29 is 9.18 Å². The molecule has 0 radical (unpaired) electrons. The molecule has 0 heterocycles. The molecule has 1 N–H and O–H groups in total. The van der Waals surface area contributed by atoms with Gasteiger partial charge in [-0.15, -0.1) is 0 Å². The summed E-state index contributed by atoms with van der Waals surface area (Å²) in [6.45, 7) is 1.75. The fourth-order valence-electron chi connectivity index (χ4n) is 1.13. The summed E-state index contributed by atoms with van der Waals surface area (Å²) >= 11 is 5.65. The van der Waals surface area contributed by atoms with Crippen LogP contribution in [0.1, 0.15) is 23.7 Å². The molecule has 1 amide bonds. The van der Waals surface area contributed by atoms with Crippen molar-refractivity contribution in [2.24, 2.45) is 0 Å². The number of amides is 1.